The molecule has 0 amide bonds. The van der Waals surface area contributed by atoms with Gasteiger partial charge in [-0.15, -0.1) is 0 Å². The van der Waals surface area contributed by atoms with Gasteiger partial charge in [-0.25, -0.2) is 4.98 Å². The van der Waals surface area contributed by atoms with Crippen molar-refractivity contribution < 1.29 is 9.52 Å². The van der Waals surface area contributed by atoms with Gasteiger partial charge in [0.2, 0.25) is 0 Å². The zero-order valence-electron chi connectivity index (χ0n) is 9.61. The van der Waals surface area contributed by atoms with Crippen molar-refractivity contribution >= 4 is 28.1 Å². The van der Waals surface area contributed by atoms with E-state index < -0.39 is 0 Å². The van der Waals surface area contributed by atoms with Crippen LogP contribution < -0.4 is 4.90 Å². The lowest BCUT2D eigenvalue weighted by atomic mass is 10.2. The number of aliphatic hydroxyl groups excluding tert-OH is 1. The topological polar surface area (TPSA) is 49.5 Å². The van der Waals surface area contributed by atoms with Crippen molar-refractivity contribution in [3.8, 4) is 0 Å². The van der Waals surface area contributed by atoms with Crippen LogP contribution in [0.1, 0.15) is 16.2 Å². The minimum atomic E-state index is -0.0743. The molecule has 0 bridgehead atoms. The summed E-state index contributed by atoms with van der Waals surface area (Å²) in [6.45, 7) is 2.56. The number of aryl methyl sites for hydroxylation is 1. The van der Waals surface area contributed by atoms with Gasteiger partial charge in [0, 0.05) is 19.2 Å². The van der Waals surface area contributed by atoms with Crippen molar-refractivity contribution in [3.63, 3.8) is 0 Å². The Morgan fingerprint density at radius 1 is 1.59 bits per heavy atom. The van der Waals surface area contributed by atoms with Crippen molar-refractivity contribution in [2.45, 2.75) is 20.1 Å². The lowest BCUT2D eigenvalue weighted by molar-refractivity contribution is 0.285. The normalized spacial score (nSPS) is 10.8. The predicted molar refractivity (Wildman–Crippen MR) is 68.6 cm³/mol. The molecule has 2 aromatic heterocycles. The van der Waals surface area contributed by atoms with E-state index in [1.165, 1.54) is 11.3 Å². The highest BCUT2D eigenvalue weighted by Gasteiger charge is 2.13. The van der Waals surface area contributed by atoms with Crippen molar-refractivity contribution in [3.05, 3.63) is 33.7 Å². The molecule has 6 heteroatoms. The fourth-order valence-electron chi connectivity index (χ4n) is 1.48. The Kier molecular flexibility index (Phi) is 3.71. The molecular formula is C11H13ClN2O2S. The Morgan fingerprint density at radius 3 is 2.88 bits per heavy atom. The number of aromatic nitrogens is 1. The first kappa shape index (κ1) is 12.4. The molecule has 0 aliphatic heterocycles. The number of nitrogens with zero attached hydrogens (tertiary/aromatic N) is 2. The van der Waals surface area contributed by atoms with Crippen LogP contribution in [0.15, 0.2) is 16.7 Å². The number of hydrogen-bond donors (Lipinski definition) is 1. The fourth-order valence-corrected chi connectivity index (χ4v) is 2.56. The largest absolute Gasteiger partial charge is 0.469 e. The van der Waals surface area contributed by atoms with Crippen molar-refractivity contribution in [2.24, 2.45) is 0 Å². The van der Waals surface area contributed by atoms with E-state index in [-0.39, 0.29) is 6.61 Å². The van der Waals surface area contributed by atoms with Crippen molar-refractivity contribution in [2.75, 3.05) is 11.9 Å². The monoisotopic (exact) mass is 272 g/mol. The second-order valence-electron chi connectivity index (χ2n) is 3.73. The first-order valence-corrected chi connectivity index (χ1v) is 6.31. The molecule has 0 aromatic carbocycles. The summed E-state index contributed by atoms with van der Waals surface area (Å²) in [5, 5.41) is 10.2. The molecule has 2 aromatic rings. The second-order valence-corrected chi connectivity index (χ2v) is 5.15. The van der Waals surface area contributed by atoms with Gasteiger partial charge in [-0.2, -0.15) is 0 Å². The van der Waals surface area contributed by atoms with Crippen LogP contribution in [0.2, 0.25) is 5.15 Å². The molecule has 0 atom stereocenters. The van der Waals surface area contributed by atoms with Gasteiger partial charge in [-0.3, -0.25) is 0 Å². The Balaban J connectivity index is 2.14. The molecule has 17 heavy (non-hydrogen) atoms. The number of halogens is 1. The van der Waals surface area contributed by atoms with Gasteiger partial charge in [0.1, 0.15) is 10.9 Å². The maximum absolute atomic E-state index is 9.07. The Hall–Kier alpha value is -1.04. The molecule has 0 aliphatic rings. The van der Waals surface area contributed by atoms with E-state index in [4.69, 9.17) is 21.1 Å². The number of rotatable bonds is 4. The van der Waals surface area contributed by atoms with Gasteiger partial charge in [-0.05, 0) is 13.0 Å². The van der Waals surface area contributed by atoms with E-state index in [2.05, 4.69) is 4.98 Å². The zero-order chi connectivity index (χ0) is 12.4. The number of aliphatic hydroxyl groups is 1. The molecule has 4 nitrogen and oxygen atoms in total. The standard InChI is InChI=1S/C11H13ClN2O2S/c1-7-8(3-4-16-7)5-14(2)11-13-10(12)9(6-15)17-11/h3-4,15H,5-6H2,1-2H3. The van der Waals surface area contributed by atoms with Crippen LogP contribution in [-0.4, -0.2) is 17.1 Å². The third-order valence-electron chi connectivity index (χ3n) is 2.48. The summed E-state index contributed by atoms with van der Waals surface area (Å²) in [4.78, 5) is 6.88. The number of anilines is 1. The Labute approximate surface area is 108 Å². The average Bonchev–Trinajstić information content (AvgIpc) is 2.86. The van der Waals surface area contributed by atoms with E-state index in [0.717, 1.165) is 16.5 Å². The zero-order valence-corrected chi connectivity index (χ0v) is 11.2. The van der Waals surface area contributed by atoms with Gasteiger partial charge in [0.25, 0.3) is 0 Å². The summed E-state index contributed by atoms with van der Waals surface area (Å²) < 4.78 is 5.24. The summed E-state index contributed by atoms with van der Waals surface area (Å²) in [5.41, 5.74) is 1.12. The maximum Gasteiger partial charge on any atom is 0.187 e. The van der Waals surface area contributed by atoms with Gasteiger partial charge in [0.15, 0.2) is 5.13 Å². The van der Waals surface area contributed by atoms with Crippen LogP contribution in [0, 0.1) is 6.92 Å². The molecular weight excluding hydrogens is 260 g/mol. The fraction of sp³-hybridized carbons (Fsp3) is 0.364. The summed E-state index contributed by atoms with van der Waals surface area (Å²) in [5.74, 6) is 0.905. The van der Waals surface area contributed by atoms with E-state index in [0.29, 0.717) is 16.6 Å². The highest BCUT2D eigenvalue weighted by atomic mass is 35.5. The SMILES string of the molecule is Cc1occc1CN(C)c1nc(Cl)c(CO)s1. The number of thiazole rings is 1. The smallest absolute Gasteiger partial charge is 0.187 e. The van der Waals surface area contributed by atoms with Gasteiger partial charge in [-0.1, -0.05) is 22.9 Å². The lowest BCUT2D eigenvalue weighted by Crippen LogP contribution is -2.16. The predicted octanol–water partition coefficient (Wildman–Crippen LogP) is 2.83. The second kappa shape index (κ2) is 5.08. The molecule has 0 spiro atoms. The molecule has 0 saturated carbocycles. The highest BCUT2D eigenvalue weighted by molar-refractivity contribution is 7.16. The van der Waals surface area contributed by atoms with Crippen LogP contribution in [-0.2, 0) is 13.2 Å². The lowest BCUT2D eigenvalue weighted by Gasteiger charge is -2.14. The third kappa shape index (κ3) is 2.62. The molecule has 0 saturated heterocycles. The molecule has 1 N–H and O–H groups in total. The first-order chi connectivity index (χ1) is 8.11. The van der Waals surface area contributed by atoms with E-state index >= 15 is 0 Å². The van der Waals surface area contributed by atoms with E-state index in [1.54, 1.807) is 6.26 Å². The minimum absolute atomic E-state index is 0.0743. The molecule has 2 rings (SSSR count). The Bertz CT molecular complexity index is 509. The van der Waals surface area contributed by atoms with Crippen LogP contribution >= 0.6 is 22.9 Å². The van der Waals surface area contributed by atoms with Crippen molar-refractivity contribution in [1.82, 2.24) is 4.98 Å². The van der Waals surface area contributed by atoms with Gasteiger partial charge in [0.05, 0.1) is 17.7 Å². The van der Waals surface area contributed by atoms with E-state index in [9.17, 15) is 0 Å². The minimum Gasteiger partial charge on any atom is -0.469 e. The number of furan rings is 1. The summed E-state index contributed by atoms with van der Waals surface area (Å²) >= 11 is 7.29. The molecule has 0 fully saturated rings. The number of hydrogen-bond acceptors (Lipinski definition) is 5. The average molecular weight is 273 g/mol. The third-order valence-corrected chi connectivity index (χ3v) is 4.06. The van der Waals surface area contributed by atoms with Gasteiger partial charge >= 0.3 is 0 Å². The molecule has 92 valence electrons. The van der Waals surface area contributed by atoms with Gasteiger partial charge < -0.3 is 14.4 Å². The van der Waals surface area contributed by atoms with Crippen LogP contribution in [0.4, 0.5) is 5.13 Å². The Morgan fingerprint density at radius 2 is 2.35 bits per heavy atom. The van der Waals surface area contributed by atoms with Crippen molar-refractivity contribution in [1.29, 1.82) is 0 Å². The highest BCUT2D eigenvalue weighted by Crippen LogP contribution is 2.30. The summed E-state index contributed by atoms with van der Waals surface area (Å²) in [6, 6.07) is 1.94. The van der Waals surface area contributed by atoms with Crippen LogP contribution in [0.5, 0.6) is 0 Å². The van der Waals surface area contributed by atoms with Crippen LogP contribution in [0.3, 0.4) is 0 Å². The molecule has 2 heterocycles. The molecule has 0 radical (unpaired) electrons. The molecule has 0 aliphatic carbocycles. The first-order valence-electron chi connectivity index (χ1n) is 5.12. The van der Waals surface area contributed by atoms with Crippen LogP contribution in [0.25, 0.3) is 0 Å². The quantitative estimate of drug-likeness (QED) is 0.930. The summed E-state index contributed by atoms with van der Waals surface area (Å²) in [7, 11) is 1.93. The maximum atomic E-state index is 9.07. The molecule has 0 unspecified atom stereocenters. The van der Waals surface area contributed by atoms with E-state index in [1.807, 2.05) is 24.9 Å². The summed E-state index contributed by atoms with van der Waals surface area (Å²) in [6.07, 6.45) is 1.67.